The molecule has 1 aromatic carbocycles. The number of carbonyl (C=O) groups excluding carboxylic acids is 1. The Morgan fingerprint density at radius 2 is 2.04 bits per heavy atom. The molecule has 1 saturated carbocycles. The summed E-state index contributed by atoms with van der Waals surface area (Å²) in [6.07, 6.45) is 1.42. The molecule has 1 N–H and O–H groups in total. The topological polar surface area (TPSA) is 76.1 Å². The minimum atomic E-state index is -0.986. The molecule has 6 heteroatoms. The van der Waals surface area contributed by atoms with E-state index in [2.05, 4.69) is 0 Å². The molecule has 0 bridgehead atoms. The molecule has 1 aromatic rings. The first-order valence-corrected chi connectivity index (χ1v) is 8.17. The maximum atomic E-state index is 12.8. The van der Waals surface area contributed by atoms with Gasteiger partial charge >= 0.3 is 5.97 Å². The van der Waals surface area contributed by atoms with Crippen LogP contribution in [0.2, 0.25) is 0 Å². The Hall–Kier alpha value is -2.24. The summed E-state index contributed by atoms with van der Waals surface area (Å²) in [5.74, 6) is 0.210. The predicted octanol–water partition coefficient (Wildman–Crippen LogP) is 2.52. The van der Waals surface area contributed by atoms with E-state index in [9.17, 15) is 9.59 Å². The second kappa shape index (κ2) is 7.55. The van der Waals surface area contributed by atoms with Crippen LogP contribution in [0.3, 0.4) is 0 Å². The van der Waals surface area contributed by atoms with Gasteiger partial charge in [0.05, 0.1) is 14.2 Å². The number of carboxylic acids is 1. The summed E-state index contributed by atoms with van der Waals surface area (Å²) in [7, 11) is 3.19. The quantitative estimate of drug-likeness (QED) is 0.790. The Labute approximate surface area is 142 Å². The van der Waals surface area contributed by atoms with Crippen LogP contribution in [-0.2, 0) is 9.59 Å². The summed E-state index contributed by atoms with van der Waals surface area (Å²) in [5.41, 5.74) is 0.939. The average Bonchev–Trinajstić information content (AvgIpc) is 3.38. The molecule has 2 rings (SSSR count). The van der Waals surface area contributed by atoms with Gasteiger partial charge in [0.15, 0.2) is 0 Å². The molecule has 1 aliphatic carbocycles. The van der Waals surface area contributed by atoms with E-state index in [1.54, 1.807) is 14.2 Å². The number of hydrogen-bond acceptors (Lipinski definition) is 4. The number of hydrogen-bond donors (Lipinski definition) is 1. The van der Waals surface area contributed by atoms with Crippen LogP contribution in [0.15, 0.2) is 18.2 Å². The van der Waals surface area contributed by atoms with Crippen molar-refractivity contribution in [2.75, 3.05) is 20.8 Å². The molecule has 0 saturated heterocycles. The normalized spacial score (nSPS) is 20.2. The fourth-order valence-electron chi connectivity index (χ4n) is 2.97. The van der Waals surface area contributed by atoms with Crippen molar-refractivity contribution in [1.29, 1.82) is 0 Å². The number of methoxy groups -OCH3 is 2. The minimum absolute atomic E-state index is 0.0444. The van der Waals surface area contributed by atoms with Crippen molar-refractivity contribution >= 4 is 11.9 Å². The highest BCUT2D eigenvalue weighted by Gasteiger charge is 2.48. The van der Waals surface area contributed by atoms with Gasteiger partial charge in [0, 0.05) is 23.4 Å². The zero-order valence-electron chi connectivity index (χ0n) is 14.6. The van der Waals surface area contributed by atoms with Crippen molar-refractivity contribution in [3.8, 4) is 11.5 Å². The van der Waals surface area contributed by atoms with E-state index in [4.69, 9.17) is 14.6 Å². The van der Waals surface area contributed by atoms with Gasteiger partial charge in [-0.2, -0.15) is 0 Å². The van der Waals surface area contributed by atoms with Crippen LogP contribution in [0, 0.1) is 5.92 Å². The molecule has 132 valence electrons. The lowest BCUT2D eigenvalue weighted by molar-refractivity contribution is -0.146. The third-order valence-corrected chi connectivity index (χ3v) is 4.66. The van der Waals surface area contributed by atoms with Crippen molar-refractivity contribution in [3.63, 3.8) is 0 Å². The molecule has 0 heterocycles. The number of benzene rings is 1. The van der Waals surface area contributed by atoms with Gasteiger partial charge in [0.2, 0.25) is 5.91 Å². The van der Waals surface area contributed by atoms with Crippen LogP contribution in [0.4, 0.5) is 0 Å². The van der Waals surface area contributed by atoms with Crippen molar-refractivity contribution in [1.82, 2.24) is 4.90 Å². The zero-order valence-corrected chi connectivity index (χ0v) is 14.6. The lowest BCUT2D eigenvalue weighted by atomic mass is 10.1. The molecule has 0 spiro atoms. The molecule has 0 aliphatic heterocycles. The van der Waals surface area contributed by atoms with Crippen LogP contribution in [0.25, 0.3) is 0 Å². The molecule has 3 atom stereocenters. The summed E-state index contributed by atoms with van der Waals surface area (Å²) < 4.78 is 10.6. The number of carboxylic acid groups (broad SMARTS) is 1. The van der Waals surface area contributed by atoms with Gasteiger partial charge in [0.1, 0.15) is 18.0 Å². The first kappa shape index (κ1) is 18.1. The van der Waals surface area contributed by atoms with Gasteiger partial charge in [-0.25, -0.2) is 0 Å². The second-order valence-electron chi connectivity index (χ2n) is 6.17. The molecule has 1 amide bonds. The van der Waals surface area contributed by atoms with Gasteiger partial charge in [-0.05, 0) is 38.0 Å². The fraction of sp³-hybridized carbons (Fsp3) is 0.556. The van der Waals surface area contributed by atoms with Crippen molar-refractivity contribution in [3.05, 3.63) is 23.8 Å². The van der Waals surface area contributed by atoms with Crippen LogP contribution in [0.5, 0.6) is 11.5 Å². The maximum absolute atomic E-state index is 12.8. The maximum Gasteiger partial charge on any atom is 0.323 e. The van der Waals surface area contributed by atoms with Crippen molar-refractivity contribution in [2.24, 2.45) is 5.92 Å². The molecule has 0 aromatic heterocycles. The smallest absolute Gasteiger partial charge is 0.323 e. The fourth-order valence-corrected chi connectivity index (χ4v) is 2.97. The average molecular weight is 335 g/mol. The second-order valence-corrected chi connectivity index (χ2v) is 6.17. The van der Waals surface area contributed by atoms with Gasteiger partial charge in [0.25, 0.3) is 0 Å². The predicted molar refractivity (Wildman–Crippen MR) is 89.5 cm³/mol. The van der Waals surface area contributed by atoms with Crippen molar-refractivity contribution < 1.29 is 24.2 Å². The van der Waals surface area contributed by atoms with Gasteiger partial charge in [-0.3, -0.25) is 9.59 Å². The Bertz CT molecular complexity index is 615. The highest BCUT2D eigenvalue weighted by molar-refractivity contribution is 5.86. The van der Waals surface area contributed by atoms with E-state index >= 15 is 0 Å². The first-order valence-electron chi connectivity index (χ1n) is 8.17. The molecule has 3 unspecified atom stereocenters. The van der Waals surface area contributed by atoms with E-state index in [-0.39, 0.29) is 30.3 Å². The number of ether oxygens (including phenoxy) is 2. The monoisotopic (exact) mass is 335 g/mol. The molecule has 24 heavy (non-hydrogen) atoms. The summed E-state index contributed by atoms with van der Waals surface area (Å²) in [6.45, 7) is 3.57. The number of carbonyl (C=O) groups is 2. The Morgan fingerprint density at radius 3 is 2.58 bits per heavy atom. The van der Waals surface area contributed by atoms with Crippen LogP contribution in [-0.4, -0.2) is 48.7 Å². The highest BCUT2D eigenvalue weighted by atomic mass is 16.5. The number of nitrogens with zero attached hydrogens (tertiary/aromatic N) is 1. The van der Waals surface area contributed by atoms with E-state index in [0.717, 1.165) is 17.7 Å². The summed E-state index contributed by atoms with van der Waals surface area (Å²) >= 11 is 0. The number of aliphatic carboxylic acids is 1. The summed E-state index contributed by atoms with van der Waals surface area (Å²) in [5, 5.41) is 9.08. The Morgan fingerprint density at radius 1 is 1.33 bits per heavy atom. The van der Waals surface area contributed by atoms with Crippen LogP contribution >= 0.6 is 0 Å². The third-order valence-electron chi connectivity index (χ3n) is 4.66. The van der Waals surface area contributed by atoms with Gasteiger partial charge < -0.3 is 19.5 Å². The van der Waals surface area contributed by atoms with Gasteiger partial charge in [-0.15, -0.1) is 0 Å². The highest BCUT2D eigenvalue weighted by Crippen LogP contribution is 2.52. The van der Waals surface area contributed by atoms with Crippen molar-refractivity contribution in [2.45, 2.75) is 38.6 Å². The van der Waals surface area contributed by atoms with E-state index in [1.165, 1.54) is 4.90 Å². The van der Waals surface area contributed by atoms with E-state index in [1.807, 2.05) is 32.0 Å². The summed E-state index contributed by atoms with van der Waals surface area (Å²) in [6, 6.07) is 5.44. The van der Waals surface area contributed by atoms with E-state index in [0.29, 0.717) is 12.2 Å². The molecular weight excluding hydrogens is 310 g/mol. The molecule has 1 aliphatic rings. The van der Waals surface area contributed by atoms with Gasteiger partial charge in [-0.1, -0.05) is 6.92 Å². The van der Waals surface area contributed by atoms with Crippen LogP contribution in [0.1, 0.15) is 38.2 Å². The number of amides is 1. The zero-order chi connectivity index (χ0) is 17.9. The molecule has 0 radical (unpaired) electrons. The molecule has 6 nitrogen and oxygen atoms in total. The lowest BCUT2D eigenvalue weighted by Gasteiger charge is -2.27. The SMILES string of the molecule is CCC(C)N(CC(=O)O)C(=O)C1CC1c1cc(OC)ccc1OC. The lowest BCUT2D eigenvalue weighted by Crippen LogP contribution is -2.42. The molecular formula is C18H25NO5. The molecule has 1 fully saturated rings. The largest absolute Gasteiger partial charge is 0.497 e. The summed E-state index contributed by atoms with van der Waals surface area (Å²) in [4.78, 5) is 25.3. The number of rotatable bonds is 8. The Kier molecular flexibility index (Phi) is 5.70. The standard InChI is InChI=1S/C18H25NO5/c1-5-11(2)19(10-17(20)21)18(22)15-9-13(15)14-8-12(23-3)6-7-16(14)24-4/h6-8,11,13,15H,5,9-10H2,1-4H3,(H,20,21). The third kappa shape index (κ3) is 3.80. The minimum Gasteiger partial charge on any atom is -0.497 e. The first-order chi connectivity index (χ1) is 11.4. The Balaban J connectivity index is 2.18. The van der Waals surface area contributed by atoms with E-state index < -0.39 is 5.97 Å². The van der Waals surface area contributed by atoms with Crippen LogP contribution < -0.4 is 9.47 Å².